The third kappa shape index (κ3) is 4.11. The molecular weight excluding hydrogens is 374 g/mol. The number of likely N-dealkylation sites (tertiary alicyclic amines) is 1. The molecule has 0 spiro atoms. The van der Waals surface area contributed by atoms with Gasteiger partial charge in [0.2, 0.25) is 11.8 Å². The number of carbonyl (C=O) groups excluding carboxylic acids is 2. The number of carbonyl (C=O) groups is 2. The van der Waals surface area contributed by atoms with E-state index in [4.69, 9.17) is 0 Å². The lowest BCUT2D eigenvalue weighted by atomic mass is 9.91. The largest absolute Gasteiger partial charge is 0.342 e. The van der Waals surface area contributed by atoms with E-state index in [9.17, 15) is 9.59 Å². The molecule has 158 valence electrons. The van der Waals surface area contributed by atoms with Gasteiger partial charge in [0.25, 0.3) is 0 Å². The van der Waals surface area contributed by atoms with Gasteiger partial charge >= 0.3 is 0 Å². The highest BCUT2D eigenvalue weighted by Gasteiger charge is 2.37. The Balaban J connectivity index is 1.55. The molecule has 1 aliphatic carbocycles. The molecule has 1 saturated heterocycles. The highest BCUT2D eigenvalue weighted by Crippen LogP contribution is 2.35. The van der Waals surface area contributed by atoms with Gasteiger partial charge in [-0.3, -0.25) is 14.6 Å². The van der Waals surface area contributed by atoms with Crippen LogP contribution in [0.2, 0.25) is 0 Å². The fourth-order valence-corrected chi connectivity index (χ4v) is 4.57. The van der Waals surface area contributed by atoms with Crippen LogP contribution < -0.4 is 0 Å². The maximum absolute atomic E-state index is 13.5. The number of rotatable bonds is 5. The minimum Gasteiger partial charge on any atom is -0.342 e. The van der Waals surface area contributed by atoms with E-state index in [0.29, 0.717) is 13.1 Å². The van der Waals surface area contributed by atoms with Gasteiger partial charge in [-0.2, -0.15) is 0 Å². The first kappa shape index (κ1) is 20.6. The van der Waals surface area contributed by atoms with Crippen molar-refractivity contribution in [3.63, 3.8) is 0 Å². The number of benzene rings is 1. The molecule has 0 N–H and O–H groups in total. The van der Waals surface area contributed by atoms with E-state index >= 15 is 0 Å². The molecule has 2 aliphatic rings. The Morgan fingerprint density at radius 3 is 2.27 bits per heavy atom. The topological polar surface area (TPSA) is 53.5 Å². The third-order valence-corrected chi connectivity index (χ3v) is 6.61. The standard InChI is InChI=1S/C25H31N3O2/c1-17-7-4-5-9-21(17)23(22-18(2)8-6-14-26-22)27(3)24(29)20-12-15-28(16-13-20)25(30)19-10-11-19/h4-9,14,19-20,23H,10-13,15-16H2,1-3H3. The molecule has 2 fully saturated rings. The first-order valence-corrected chi connectivity index (χ1v) is 11.0. The minimum atomic E-state index is -0.217. The Kier molecular flexibility index (Phi) is 5.89. The Morgan fingerprint density at radius 2 is 1.63 bits per heavy atom. The number of hydrogen-bond acceptors (Lipinski definition) is 3. The predicted molar refractivity (Wildman–Crippen MR) is 117 cm³/mol. The van der Waals surface area contributed by atoms with Crippen LogP contribution in [-0.4, -0.2) is 46.7 Å². The molecule has 2 heterocycles. The monoisotopic (exact) mass is 405 g/mol. The second kappa shape index (κ2) is 8.58. The van der Waals surface area contributed by atoms with Crippen LogP contribution in [0.1, 0.15) is 54.1 Å². The second-order valence-corrected chi connectivity index (χ2v) is 8.79. The molecule has 0 radical (unpaired) electrons. The number of amides is 2. The van der Waals surface area contributed by atoms with Crippen molar-refractivity contribution in [1.29, 1.82) is 0 Å². The average Bonchev–Trinajstić information content (AvgIpc) is 3.61. The summed E-state index contributed by atoms with van der Waals surface area (Å²) < 4.78 is 0. The normalized spacial score (nSPS) is 18.2. The lowest BCUT2D eigenvalue weighted by Crippen LogP contribution is -2.45. The molecular formula is C25H31N3O2. The third-order valence-electron chi connectivity index (χ3n) is 6.61. The maximum Gasteiger partial charge on any atom is 0.226 e. The minimum absolute atomic E-state index is 0.0474. The van der Waals surface area contributed by atoms with Gasteiger partial charge in [0.1, 0.15) is 0 Å². The van der Waals surface area contributed by atoms with Crippen LogP contribution in [0.5, 0.6) is 0 Å². The van der Waals surface area contributed by atoms with Gasteiger partial charge in [-0.25, -0.2) is 0 Å². The van der Waals surface area contributed by atoms with Crippen molar-refractivity contribution in [1.82, 2.24) is 14.8 Å². The fraction of sp³-hybridized carbons (Fsp3) is 0.480. The predicted octanol–water partition coefficient (Wildman–Crippen LogP) is 3.89. The smallest absolute Gasteiger partial charge is 0.226 e. The van der Waals surface area contributed by atoms with Gasteiger partial charge < -0.3 is 9.80 Å². The molecule has 2 amide bonds. The van der Waals surface area contributed by atoms with Gasteiger partial charge in [0.05, 0.1) is 11.7 Å². The van der Waals surface area contributed by atoms with Crippen LogP contribution in [-0.2, 0) is 9.59 Å². The van der Waals surface area contributed by atoms with E-state index in [-0.39, 0.29) is 29.7 Å². The molecule has 1 saturated carbocycles. The van der Waals surface area contributed by atoms with E-state index in [1.165, 1.54) is 0 Å². The van der Waals surface area contributed by atoms with Gasteiger partial charge in [-0.05, 0) is 62.3 Å². The molecule has 4 rings (SSSR count). The number of nitrogens with zero attached hydrogens (tertiary/aromatic N) is 3. The summed E-state index contributed by atoms with van der Waals surface area (Å²) in [6.45, 7) is 5.52. The quantitative estimate of drug-likeness (QED) is 0.758. The zero-order valence-corrected chi connectivity index (χ0v) is 18.2. The molecule has 2 aromatic rings. The zero-order valence-electron chi connectivity index (χ0n) is 18.2. The van der Waals surface area contributed by atoms with E-state index in [0.717, 1.165) is 48.1 Å². The summed E-state index contributed by atoms with van der Waals surface area (Å²) in [6.07, 6.45) is 5.34. The first-order valence-electron chi connectivity index (χ1n) is 11.0. The summed E-state index contributed by atoms with van der Waals surface area (Å²) in [5.74, 6) is 0.634. The molecule has 5 heteroatoms. The Bertz CT molecular complexity index is 884. The Labute approximate surface area is 179 Å². The number of piperidine rings is 1. The summed E-state index contributed by atoms with van der Waals surface area (Å²) >= 11 is 0. The zero-order chi connectivity index (χ0) is 21.3. The van der Waals surface area contributed by atoms with Crippen LogP contribution in [0.15, 0.2) is 42.6 Å². The van der Waals surface area contributed by atoms with Crippen molar-refractivity contribution in [3.05, 3.63) is 65.0 Å². The second-order valence-electron chi connectivity index (χ2n) is 8.79. The van der Waals surface area contributed by atoms with Crippen molar-refractivity contribution in [2.75, 3.05) is 20.1 Å². The van der Waals surface area contributed by atoms with Gasteiger partial charge in [0, 0.05) is 38.2 Å². The van der Waals surface area contributed by atoms with Crippen molar-refractivity contribution in [2.45, 2.75) is 45.6 Å². The number of hydrogen-bond donors (Lipinski definition) is 0. The van der Waals surface area contributed by atoms with Crippen LogP contribution >= 0.6 is 0 Å². The van der Waals surface area contributed by atoms with Gasteiger partial charge in [0.15, 0.2) is 0 Å². The first-order chi connectivity index (χ1) is 14.5. The van der Waals surface area contributed by atoms with Crippen LogP contribution in [0.4, 0.5) is 0 Å². The molecule has 0 bridgehead atoms. The molecule has 1 unspecified atom stereocenters. The van der Waals surface area contributed by atoms with Crippen LogP contribution in [0.25, 0.3) is 0 Å². The molecule has 5 nitrogen and oxygen atoms in total. The lowest BCUT2D eigenvalue weighted by Gasteiger charge is -2.36. The van der Waals surface area contributed by atoms with E-state index in [2.05, 4.69) is 24.0 Å². The van der Waals surface area contributed by atoms with Crippen molar-refractivity contribution >= 4 is 11.8 Å². The molecule has 30 heavy (non-hydrogen) atoms. The average molecular weight is 406 g/mol. The van der Waals surface area contributed by atoms with E-state index in [1.54, 1.807) is 6.20 Å². The summed E-state index contributed by atoms with van der Waals surface area (Å²) in [7, 11) is 1.90. The highest BCUT2D eigenvalue weighted by molar-refractivity contribution is 5.82. The number of aromatic nitrogens is 1. The molecule has 1 aliphatic heterocycles. The summed E-state index contributed by atoms with van der Waals surface area (Å²) in [5, 5.41) is 0. The Morgan fingerprint density at radius 1 is 0.967 bits per heavy atom. The summed E-state index contributed by atoms with van der Waals surface area (Å²) in [5.41, 5.74) is 4.26. The number of aryl methyl sites for hydroxylation is 2. The van der Waals surface area contributed by atoms with Crippen molar-refractivity contribution in [3.8, 4) is 0 Å². The van der Waals surface area contributed by atoms with Gasteiger partial charge in [-0.1, -0.05) is 30.3 Å². The number of pyridine rings is 1. The van der Waals surface area contributed by atoms with Crippen molar-refractivity contribution in [2.24, 2.45) is 11.8 Å². The van der Waals surface area contributed by atoms with Crippen molar-refractivity contribution < 1.29 is 9.59 Å². The SMILES string of the molecule is Cc1ccccc1C(c1ncccc1C)N(C)C(=O)C1CCN(C(=O)C2CC2)CC1. The summed E-state index contributed by atoms with van der Waals surface area (Å²) in [4.78, 5) is 34.4. The van der Waals surface area contributed by atoms with Gasteiger partial charge in [-0.15, -0.1) is 0 Å². The lowest BCUT2D eigenvalue weighted by molar-refractivity contribution is -0.141. The molecule has 1 aromatic carbocycles. The fourth-order valence-electron chi connectivity index (χ4n) is 4.57. The van der Waals surface area contributed by atoms with Crippen LogP contribution in [0, 0.1) is 25.7 Å². The molecule has 1 atom stereocenters. The molecule has 1 aromatic heterocycles. The highest BCUT2D eigenvalue weighted by atomic mass is 16.2. The summed E-state index contributed by atoms with van der Waals surface area (Å²) in [6, 6.07) is 12.0. The van der Waals surface area contributed by atoms with E-state index < -0.39 is 0 Å². The van der Waals surface area contributed by atoms with E-state index in [1.807, 2.05) is 48.0 Å². The van der Waals surface area contributed by atoms with Crippen LogP contribution in [0.3, 0.4) is 0 Å². The maximum atomic E-state index is 13.5. The Hall–Kier alpha value is -2.69.